The lowest BCUT2D eigenvalue weighted by atomic mass is 9.78. The summed E-state index contributed by atoms with van der Waals surface area (Å²) in [7, 11) is 0. The number of carbonyl (C=O) groups is 1. The zero-order chi connectivity index (χ0) is 18.1. The number of likely N-dealkylation sites (tertiary alicyclic amines) is 1. The third-order valence-corrected chi connectivity index (χ3v) is 5.67. The molecule has 26 heavy (non-hydrogen) atoms. The lowest BCUT2D eigenvalue weighted by Gasteiger charge is -2.39. The molecule has 0 radical (unpaired) electrons. The molecule has 0 aliphatic carbocycles. The average molecular weight is 350 g/mol. The van der Waals surface area contributed by atoms with Crippen LogP contribution >= 0.6 is 0 Å². The van der Waals surface area contributed by atoms with Gasteiger partial charge in [-0.05, 0) is 57.4 Å². The Morgan fingerprint density at radius 1 is 1.00 bits per heavy atom. The summed E-state index contributed by atoms with van der Waals surface area (Å²) in [6, 6.07) is 12.1. The molecule has 1 unspecified atom stereocenters. The van der Waals surface area contributed by atoms with E-state index in [1.165, 1.54) is 0 Å². The molecule has 2 aliphatic heterocycles. The Kier molecular flexibility index (Phi) is 4.39. The summed E-state index contributed by atoms with van der Waals surface area (Å²) < 4.78 is 0. The van der Waals surface area contributed by atoms with E-state index in [0.717, 1.165) is 61.8 Å². The van der Waals surface area contributed by atoms with Crippen LogP contribution in [0.2, 0.25) is 0 Å². The minimum absolute atomic E-state index is 0.256. The third-order valence-electron chi connectivity index (χ3n) is 5.67. The van der Waals surface area contributed by atoms with Crippen molar-refractivity contribution in [2.24, 2.45) is 5.41 Å². The molecule has 1 atom stereocenters. The van der Waals surface area contributed by atoms with Crippen molar-refractivity contribution in [3.8, 4) is 0 Å². The highest BCUT2D eigenvalue weighted by atomic mass is 16.2. The molecule has 1 spiro atoms. The summed E-state index contributed by atoms with van der Waals surface area (Å²) in [5, 5.41) is 0. The minimum atomic E-state index is -0.256. The molecule has 0 bridgehead atoms. The number of aryl methyl sites for hydroxylation is 2. The first-order chi connectivity index (χ1) is 12.6. The van der Waals surface area contributed by atoms with Gasteiger partial charge in [0.05, 0.1) is 17.7 Å². The molecule has 4 rings (SSSR count). The van der Waals surface area contributed by atoms with Crippen molar-refractivity contribution in [1.29, 1.82) is 0 Å². The fraction of sp³-hybridized carbons (Fsp3) is 0.476. The smallest absolute Gasteiger partial charge is 0.231 e. The first kappa shape index (κ1) is 17.0. The molecule has 4 heterocycles. The summed E-state index contributed by atoms with van der Waals surface area (Å²) >= 11 is 0. The Morgan fingerprint density at radius 3 is 2.54 bits per heavy atom. The maximum Gasteiger partial charge on any atom is 0.231 e. The first-order valence-corrected chi connectivity index (χ1v) is 9.46. The second kappa shape index (κ2) is 6.71. The molecule has 136 valence electrons. The number of nitrogens with zero attached hydrogens (tertiary/aromatic N) is 4. The molecule has 0 N–H and O–H groups in total. The van der Waals surface area contributed by atoms with Gasteiger partial charge in [0.2, 0.25) is 5.91 Å². The molecule has 0 saturated carbocycles. The van der Waals surface area contributed by atoms with E-state index >= 15 is 0 Å². The number of anilines is 1. The molecule has 2 aromatic rings. The maximum atomic E-state index is 13.3. The normalized spacial score (nSPS) is 23.1. The quantitative estimate of drug-likeness (QED) is 0.853. The number of rotatable bonds is 3. The van der Waals surface area contributed by atoms with Crippen LogP contribution in [-0.4, -0.2) is 40.4 Å². The fourth-order valence-corrected chi connectivity index (χ4v) is 4.34. The van der Waals surface area contributed by atoms with Crippen LogP contribution in [0.4, 0.5) is 5.82 Å². The van der Waals surface area contributed by atoms with Crippen molar-refractivity contribution in [2.75, 3.05) is 24.5 Å². The molecule has 2 aromatic heterocycles. The predicted octanol–water partition coefficient (Wildman–Crippen LogP) is 3.11. The highest BCUT2D eigenvalue weighted by Gasteiger charge is 2.49. The van der Waals surface area contributed by atoms with Gasteiger partial charge in [-0.2, -0.15) is 0 Å². The van der Waals surface area contributed by atoms with E-state index in [1.54, 1.807) is 0 Å². The summed E-state index contributed by atoms with van der Waals surface area (Å²) in [6.45, 7) is 7.20. The number of pyridine rings is 2. The first-order valence-electron chi connectivity index (χ1n) is 9.46. The molecule has 0 aromatic carbocycles. The van der Waals surface area contributed by atoms with E-state index in [4.69, 9.17) is 0 Å². The van der Waals surface area contributed by atoms with E-state index in [-0.39, 0.29) is 11.3 Å². The van der Waals surface area contributed by atoms with Crippen LogP contribution in [0, 0.1) is 19.3 Å². The van der Waals surface area contributed by atoms with Gasteiger partial charge in [0, 0.05) is 31.0 Å². The lowest BCUT2D eigenvalue weighted by Crippen LogP contribution is -2.48. The van der Waals surface area contributed by atoms with Gasteiger partial charge in [0.1, 0.15) is 5.82 Å². The number of hydrogen-bond donors (Lipinski definition) is 0. The standard InChI is InChI=1S/C21H26N4O/c1-16-6-3-8-18(22-16)14-24-13-11-21(20(24)26)10-5-12-25(15-21)19-9-4-7-17(2)23-19/h3-4,6-9H,5,10-15H2,1-2H3. The van der Waals surface area contributed by atoms with Gasteiger partial charge in [0.25, 0.3) is 0 Å². The largest absolute Gasteiger partial charge is 0.356 e. The number of hydrogen-bond acceptors (Lipinski definition) is 4. The zero-order valence-corrected chi connectivity index (χ0v) is 15.6. The van der Waals surface area contributed by atoms with E-state index in [9.17, 15) is 4.79 Å². The van der Waals surface area contributed by atoms with Crippen molar-refractivity contribution >= 4 is 11.7 Å². The van der Waals surface area contributed by atoms with Crippen molar-refractivity contribution in [1.82, 2.24) is 14.9 Å². The van der Waals surface area contributed by atoms with E-state index in [2.05, 4.69) is 20.9 Å². The van der Waals surface area contributed by atoms with Crippen LogP contribution in [-0.2, 0) is 11.3 Å². The van der Waals surface area contributed by atoms with Gasteiger partial charge in [0.15, 0.2) is 0 Å². The summed E-state index contributed by atoms with van der Waals surface area (Å²) in [5.74, 6) is 1.29. The Morgan fingerprint density at radius 2 is 1.77 bits per heavy atom. The van der Waals surface area contributed by atoms with Crippen LogP contribution in [0.3, 0.4) is 0 Å². The van der Waals surface area contributed by atoms with E-state index < -0.39 is 0 Å². The Hall–Kier alpha value is -2.43. The second-order valence-corrected chi connectivity index (χ2v) is 7.69. The maximum absolute atomic E-state index is 13.3. The van der Waals surface area contributed by atoms with Gasteiger partial charge in [-0.1, -0.05) is 12.1 Å². The molecule has 2 fully saturated rings. The Labute approximate surface area is 155 Å². The van der Waals surface area contributed by atoms with Crippen molar-refractivity contribution in [2.45, 2.75) is 39.7 Å². The average Bonchev–Trinajstić information content (AvgIpc) is 2.91. The number of aromatic nitrogens is 2. The van der Waals surface area contributed by atoms with Crippen molar-refractivity contribution in [3.05, 3.63) is 53.5 Å². The number of carbonyl (C=O) groups excluding carboxylic acids is 1. The number of amides is 1. The summed E-state index contributed by atoms with van der Waals surface area (Å²) in [6.07, 6.45) is 2.95. The van der Waals surface area contributed by atoms with Crippen LogP contribution in [0.5, 0.6) is 0 Å². The van der Waals surface area contributed by atoms with Gasteiger partial charge >= 0.3 is 0 Å². The van der Waals surface area contributed by atoms with Crippen molar-refractivity contribution in [3.63, 3.8) is 0 Å². The highest BCUT2D eigenvalue weighted by molar-refractivity contribution is 5.85. The van der Waals surface area contributed by atoms with Crippen LogP contribution < -0.4 is 4.90 Å². The molecule has 2 aliphatic rings. The molecule has 5 heteroatoms. The van der Waals surface area contributed by atoms with Crippen molar-refractivity contribution < 1.29 is 4.79 Å². The van der Waals surface area contributed by atoms with E-state index in [0.29, 0.717) is 6.54 Å². The minimum Gasteiger partial charge on any atom is -0.356 e. The monoisotopic (exact) mass is 350 g/mol. The molecule has 5 nitrogen and oxygen atoms in total. The SMILES string of the molecule is Cc1cccc(CN2CCC3(CCCN(c4cccc(C)n4)C3)C2=O)n1. The van der Waals surface area contributed by atoms with Crippen LogP contribution in [0.25, 0.3) is 0 Å². The molecular weight excluding hydrogens is 324 g/mol. The van der Waals surface area contributed by atoms with Crippen LogP contribution in [0.1, 0.15) is 36.3 Å². The second-order valence-electron chi connectivity index (χ2n) is 7.69. The van der Waals surface area contributed by atoms with E-state index in [1.807, 2.05) is 49.1 Å². The molecular formula is C21H26N4O. The van der Waals surface area contributed by atoms with Crippen LogP contribution in [0.15, 0.2) is 36.4 Å². The predicted molar refractivity (Wildman–Crippen MR) is 102 cm³/mol. The Bertz CT molecular complexity index is 821. The van der Waals surface area contributed by atoms with Gasteiger partial charge in [-0.15, -0.1) is 0 Å². The topological polar surface area (TPSA) is 49.3 Å². The zero-order valence-electron chi connectivity index (χ0n) is 15.6. The number of piperidine rings is 1. The third kappa shape index (κ3) is 3.18. The van der Waals surface area contributed by atoms with Gasteiger partial charge in [-0.3, -0.25) is 9.78 Å². The highest BCUT2D eigenvalue weighted by Crippen LogP contribution is 2.41. The molecule has 1 amide bonds. The Balaban J connectivity index is 1.50. The lowest BCUT2D eigenvalue weighted by molar-refractivity contribution is -0.137. The fourth-order valence-electron chi connectivity index (χ4n) is 4.34. The van der Waals surface area contributed by atoms with Gasteiger partial charge < -0.3 is 9.80 Å². The molecule has 2 saturated heterocycles. The summed E-state index contributed by atoms with van der Waals surface area (Å²) in [4.78, 5) is 26.8. The van der Waals surface area contributed by atoms with Gasteiger partial charge in [-0.25, -0.2) is 4.98 Å². The summed E-state index contributed by atoms with van der Waals surface area (Å²) in [5.41, 5.74) is 2.74.